The zero-order chi connectivity index (χ0) is 17.4. The zero-order valence-corrected chi connectivity index (χ0v) is 13.2. The Labute approximate surface area is 142 Å². The summed E-state index contributed by atoms with van der Waals surface area (Å²) in [4.78, 5) is 22.8. The van der Waals surface area contributed by atoms with Crippen molar-refractivity contribution in [2.24, 2.45) is 0 Å². The maximum Gasteiger partial charge on any atom is 0.322 e. The van der Waals surface area contributed by atoms with Gasteiger partial charge in [-0.25, -0.2) is 23.5 Å². The van der Waals surface area contributed by atoms with E-state index in [-0.39, 0.29) is 5.69 Å². The molecule has 126 valence electrons. The molecule has 1 N–H and O–H groups in total. The van der Waals surface area contributed by atoms with Crippen LogP contribution in [0.15, 0.2) is 42.6 Å². The monoisotopic (exact) mass is 340 g/mol. The molecule has 0 aliphatic carbocycles. The Kier molecular flexibility index (Phi) is 3.76. The van der Waals surface area contributed by atoms with Gasteiger partial charge >= 0.3 is 6.03 Å². The van der Waals surface area contributed by atoms with Crippen molar-refractivity contribution in [3.63, 3.8) is 0 Å². The number of rotatable bonds is 1. The number of aromatic nitrogens is 2. The second-order valence-electron chi connectivity index (χ2n) is 5.90. The third-order valence-corrected chi connectivity index (χ3v) is 4.14. The Balaban J connectivity index is 1.55. The molecule has 0 saturated carbocycles. The summed E-state index contributed by atoms with van der Waals surface area (Å²) in [6, 6.07) is 8.26. The van der Waals surface area contributed by atoms with Crippen molar-refractivity contribution in [3.05, 3.63) is 65.5 Å². The third kappa shape index (κ3) is 3.13. The fraction of sp³-hybridized carbons (Fsp3) is 0.167. The van der Waals surface area contributed by atoms with E-state index in [1.165, 1.54) is 0 Å². The van der Waals surface area contributed by atoms with Crippen molar-refractivity contribution < 1.29 is 13.6 Å². The highest BCUT2D eigenvalue weighted by Crippen LogP contribution is 2.22. The van der Waals surface area contributed by atoms with Crippen molar-refractivity contribution in [2.75, 3.05) is 11.9 Å². The van der Waals surface area contributed by atoms with Gasteiger partial charge in [0.1, 0.15) is 11.6 Å². The first-order valence-electron chi connectivity index (χ1n) is 7.84. The van der Waals surface area contributed by atoms with Crippen LogP contribution in [0.3, 0.4) is 0 Å². The number of urea groups is 1. The first-order chi connectivity index (χ1) is 12.1. The summed E-state index contributed by atoms with van der Waals surface area (Å²) >= 11 is 0. The molecule has 25 heavy (non-hydrogen) atoms. The lowest BCUT2D eigenvalue weighted by atomic mass is 10.0. The first-order valence-corrected chi connectivity index (χ1v) is 7.84. The second kappa shape index (κ2) is 6.08. The van der Waals surface area contributed by atoms with Crippen LogP contribution >= 0.6 is 0 Å². The first kappa shape index (κ1) is 15.4. The molecule has 1 aliphatic heterocycles. The van der Waals surface area contributed by atoms with E-state index in [1.807, 2.05) is 18.2 Å². The second-order valence-corrected chi connectivity index (χ2v) is 5.90. The van der Waals surface area contributed by atoms with Gasteiger partial charge in [0.05, 0.1) is 0 Å². The molecule has 3 heterocycles. The molecule has 0 unspecified atom stereocenters. The molecule has 2 amide bonds. The summed E-state index contributed by atoms with van der Waals surface area (Å²) in [7, 11) is 0. The molecule has 0 fully saturated rings. The van der Waals surface area contributed by atoms with Gasteiger partial charge in [-0.3, -0.25) is 0 Å². The fourth-order valence-electron chi connectivity index (χ4n) is 2.97. The molecule has 1 aromatic carbocycles. The van der Waals surface area contributed by atoms with Gasteiger partial charge in [0.15, 0.2) is 5.65 Å². The molecule has 7 heteroatoms. The van der Waals surface area contributed by atoms with Gasteiger partial charge in [-0.05, 0) is 35.9 Å². The summed E-state index contributed by atoms with van der Waals surface area (Å²) in [5.74, 6) is -1.47. The number of benzene rings is 1. The lowest BCUT2D eigenvalue weighted by Gasteiger charge is -2.28. The van der Waals surface area contributed by atoms with E-state index in [0.29, 0.717) is 25.2 Å². The van der Waals surface area contributed by atoms with Crippen LogP contribution in [0.1, 0.15) is 11.3 Å². The van der Waals surface area contributed by atoms with Crippen LogP contribution in [-0.4, -0.2) is 27.4 Å². The van der Waals surface area contributed by atoms with E-state index < -0.39 is 17.7 Å². The number of nitrogens with zero attached hydrogens (tertiary/aromatic N) is 3. The number of hydrogen-bond donors (Lipinski definition) is 1. The lowest BCUT2D eigenvalue weighted by Crippen LogP contribution is -2.39. The predicted octanol–water partition coefficient (Wildman–Crippen LogP) is 3.50. The van der Waals surface area contributed by atoms with Gasteiger partial charge in [0, 0.05) is 48.5 Å². The lowest BCUT2D eigenvalue weighted by molar-refractivity contribution is 0.206. The minimum atomic E-state index is -0.734. The molecular formula is C18H14F2N4O. The summed E-state index contributed by atoms with van der Waals surface area (Å²) in [5, 5.41) is 3.45. The summed E-state index contributed by atoms with van der Waals surface area (Å²) in [6.45, 7) is 0.860. The van der Waals surface area contributed by atoms with E-state index >= 15 is 0 Å². The highest BCUT2D eigenvalue weighted by atomic mass is 19.1. The van der Waals surface area contributed by atoms with Crippen molar-refractivity contribution in [1.82, 2.24) is 14.9 Å². The van der Waals surface area contributed by atoms with Crippen LogP contribution in [-0.2, 0) is 13.0 Å². The van der Waals surface area contributed by atoms with Crippen molar-refractivity contribution in [3.8, 4) is 0 Å². The minimum absolute atomic E-state index is 0.0918. The maximum atomic E-state index is 13.2. The van der Waals surface area contributed by atoms with Crippen LogP contribution in [0.2, 0.25) is 0 Å². The summed E-state index contributed by atoms with van der Waals surface area (Å²) in [6.07, 6.45) is 2.30. The molecule has 3 aromatic rings. The van der Waals surface area contributed by atoms with Gasteiger partial charge in [0.2, 0.25) is 0 Å². The van der Waals surface area contributed by atoms with E-state index in [4.69, 9.17) is 0 Å². The number of anilines is 1. The maximum absolute atomic E-state index is 13.2. The van der Waals surface area contributed by atoms with Crippen LogP contribution in [0, 0.1) is 11.6 Å². The Hall–Kier alpha value is -3.09. The SMILES string of the molecule is O=C(Nc1cc(F)cc(F)c1)N1CCc2nc3ncccc3cc2C1. The Bertz CT molecular complexity index is 956. The molecule has 5 nitrogen and oxygen atoms in total. The van der Waals surface area contributed by atoms with Crippen molar-refractivity contribution in [1.29, 1.82) is 0 Å². The van der Waals surface area contributed by atoms with Gasteiger partial charge < -0.3 is 10.2 Å². The molecule has 2 aromatic heterocycles. The standard InChI is InChI=1S/C18H14F2N4O/c19-13-7-14(20)9-15(8-13)22-18(25)24-5-3-16-12(10-24)6-11-2-1-4-21-17(11)23-16/h1-2,4,6-9H,3,5,10H2,(H,22,25). The summed E-state index contributed by atoms with van der Waals surface area (Å²) in [5.41, 5.74) is 2.66. The quantitative estimate of drug-likeness (QED) is 0.738. The van der Waals surface area contributed by atoms with Gasteiger partial charge in [-0.15, -0.1) is 0 Å². The highest BCUT2D eigenvalue weighted by Gasteiger charge is 2.22. The highest BCUT2D eigenvalue weighted by molar-refractivity contribution is 5.89. The Morgan fingerprint density at radius 3 is 2.76 bits per heavy atom. The number of hydrogen-bond acceptors (Lipinski definition) is 3. The predicted molar refractivity (Wildman–Crippen MR) is 89.0 cm³/mol. The van der Waals surface area contributed by atoms with Crippen LogP contribution < -0.4 is 5.32 Å². The third-order valence-electron chi connectivity index (χ3n) is 4.14. The number of carbonyl (C=O) groups excluding carboxylic acids is 1. The van der Waals surface area contributed by atoms with E-state index in [0.717, 1.165) is 34.8 Å². The molecule has 1 aliphatic rings. The smallest absolute Gasteiger partial charge is 0.320 e. The molecular weight excluding hydrogens is 326 g/mol. The summed E-state index contributed by atoms with van der Waals surface area (Å²) < 4.78 is 26.5. The molecule has 0 radical (unpaired) electrons. The van der Waals surface area contributed by atoms with E-state index in [9.17, 15) is 13.6 Å². The van der Waals surface area contributed by atoms with Gasteiger partial charge in [0.25, 0.3) is 0 Å². The Morgan fingerprint density at radius 2 is 1.96 bits per heavy atom. The van der Waals surface area contributed by atoms with E-state index in [1.54, 1.807) is 11.1 Å². The molecule has 4 rings (SSSR count). The molecule has 0 spiro atoms. The zero-order valence-electron chi connectivity index (χ0n) is 13.2. The number of pyridine rings is 2. The van der Waals surface area contributed by atoms with Crippen molar-refractivity contribution >= 4 is 22.8 Å². The van der Waals surface area contributed by atoms with Crippen LogP contribution in [0.5, 0.6) is 0 Å². The molecule has 0 atom stereocenters. The normalized spacial score (nSPS) is 13.6. The largest absolute Gasteiger partial charge is 0.322 e. The van der Waals surface area contributed by atoms with Crippen LogP contribution in [0.25, 0.3) is 11.0 Å². The van der Waals surface area contributed by atoms with E-state index in [2.05, 4.69) is 15.3 Å². The van der Waals surface area contributed by atoms with Crippen molar-refractivity contribution in [2.45, 2.75) is 13.0 Å². The minimum Gasteiger partial charge on any atom is -0.320 e. The number of nitrogens with one attached hydrogen (secondary N) is 1. The topological polar surface area (TPSA) is 58.1 Å². The Morgan fingerprint density at radius 1 is 1.16 bits per heavy atom. The number of carbonyl (C=O) groups is 1. The van der Waals surface area contributed by atoms with Crippen LogP contribution in [0.4, 0.5) is 19.3 Å². The average molecular weight is 340 g/mol. The molecule has 0 bridgehead atoms. The molecule has 0 saturated heterocycles. The van der Waals surface area contributed by atoms with Gasteiger partial charge in [-0.2, -0.15) is 0 Å². The number of fused-ring (bicyclic) bond motifs is 2. The number of amides is 2. The number of halogens is 2. The average Bonchev–Trinajstić information content (AvgIpc) is 2.58. The van der Waals surface area contributed by atoms with Gasteiger partial charge in [-0.1, -0.05) is 0 Å². The fourth-order valence-corrected chi connectivity index (χ4v) is 2.97.